The van der Waals surface area contributed by atoms with Crippen LogP contribution in [0.1, 0.15) is 13.8 Å². The van der Waals surface area contributed by atoms with E-state index in [4.69, 9.17) is 0 Å². The molecule has 1 aromatic carbocycles. The van der Waals surface area contributed by atoms with Crippen molar-refractivity contribution in [3.8, 4) is 0 Å². The summed E-state index contributed by atoms with van der Waals surface area (Å²) in [5.41, 5.74) is 0.629. The largest absolute Gasteiger partial charge is 0.349 e. The smallest absolute Gasteiger partial charge is 0.262 e. The molecule has 1 aliphatic heterocycles. The Labute approximate surface area is 107 Å². The molecule has 0 saturated heterocycles. The molecule has 1 aliphatic rings. The van der Waals surface area contributed by atoms with Crippen molar-refractivity contribution in [2.45, 2.75) is 25.9 Å². The van der Waals surface area contributed by atoms with Crippen molar-refractivity contribution in [3.63, 3.8) is 0 Å². The molecule has 0 atom stereocenters. The first-order valence-electron chi connectivity index (χ1n) is 5.45. The van der Waals surface area contributed by atoms with Crippen molar-refractivity contribution in [2.75, 3.05) is 5.32 Å². The fraction of sp³-hybridized carbons (Fsp3) is 0.333. The average molecular weight is 294 g/mol. The van der Waals surface area contributed by atoms with Gasteiger partial charge in [-0.15, -0.1) is 0 Å². The zero-order valence-corrected chi connectivity index (χ0v) is 11.2. The van der Waals surface area contributed by atoms with Crippen LogP contribution in [-0.2, 0) is 6.54 Å². The van der Waals surface area contributed by atoms with E-state index in [1.54, 1.807) is 4.57 Å². The van der Waals surface area contributed by atoms with E-state index in [1.807, 2.05) is 18.2 Å². The maximum Gasteiger partial charge on any atom is 0.262 e. The predicted molar refractivity (Wildman–Crippen MR) is 71.4 cm³/mol. The molecule has 2 aromatic rings. The van der Waals surface area contributed by atoms with Gasteiger partial charge in [-0.1, -0.05) is 15.9 Å². The standard InChI is InChI=1S/C12H12BrN3O/c1-12(2)6-16-10(17)8-4-3-7(13)5-9(8)14-11(16)15-12/h3-5H,6H2,1-2H3,(H,14,15). The van der Waals surface area contributed by atoms with Crippen molar-refractivity contribution < 1.29 is 0 Å². The second-order valence-electron chi connectivity index (χ2n) is 5.00. The molecule has 0 saturated carbocycles. The summed E-state index contributed by atoms with van der Waals surface area (Å²) >= 11 is 3.39. The molecule has 88 valence electrons. The molecule has 1 aromatic heterocycles. The summed E-state index contributed by atoms with van der Waals surface area (Å²) < 4.78 is 2.63. The third kappa shape index (κ3) is 1.65. The molecule has 1 N–H and O–H groups in total. The van der Waals surface area contributed by atoms with Gasteiger partial charge < -0.3 is 5.32 Å². The Balaban J connectivity index is 2.35. The third-order valence-corrected chi connectivity index (χ3v) is 3.41. The minimum absolute atomic E-state index is 0.0237. The molecule has 4 nitrogen and oxygen atoms in total. The lowest BCUT2D eigenvalue weighted by Crippen LogP contribution is -2.29. The maximum atomic E-state index is 12.3. The number of hydrogen-bond donors (Lipinski definition) is 1. The van der Waals surface area contributed by atoms with Gasteiger partial charge in [0.15, 0.2) is 0 Å². The van der Waals surface area contributed by atoms with Gasteiger partial charge >= 0.3 is 0 Å². The Morgan fingerprint density at radius 1 is 1.47 bits per heavy atom. The van der Waals surface area contributed by atoms with Gasteiger partial charge in [0.2, 0.25) is 5.95 Å². The molecule has 0 amide bonds. The van der Waals surface area contributed by atoms with Crippen molar-refractivity contribution in [1.29, 1.82) is 0 Å². The van der Waals surface area contributed by atoms with Crippen LogP contribution in [0.3, 0.4) is 0 Å². The highest BCUT2D eigenvalue weighted by Crippen LogP contribution is 2.25. The van der Waals surface area contributed by atoms with Gasteiger partial charge in [0.1, 0.15) is 0 Å². The van der Waals surface area contributed by atoms with Crippen LogP contribution in [0.25, 0.3) is 10.9 Å². The summed E-state index contributed by atoms with van der Waals surface area (Å²) in [7, 11) is 0. The van der Waals surface area contributed by atoms with Crippen LogP contribution in [0.2, 0.25) is 0 Å². The van der Waals surface area contributed by atoms with Gasteiger partial charge in [0, 0.05) is 4.47 Å². The number of nitrogens with one attached hydrogen (secondary N) is 1. The van der Waals surface area contributed by atoms with E-state index < -0.39 is 0 Å². The summed E-state index contributed by atoms with van der Waals surface area (Å²) in [4.78, 5) is 16.8. The summed E-state index contributed by atoms with van der Waals surface area (Å²) in [6.45, 7) is 4.77. The average Bonchev–Trinajstić information content (AvgIpc) is 2.53. The lowest BCUT2D eigenvalue weighted by molar-refractivity contribution is 0.519. The van der Waals surface area contributed by atoms with E-state index in [0.29, 0.717) is 17.9 Å². The quantitative estimate of drug-likeness (QED) is 0.811. The molecule has 17 heavy (non-hydrogen) atoms. The molecule has 2 heterocycles. The Morgan fingerprint density at radius 2 is 2.24 bits per heavy atom. The van der Waals surface area contributed by atoms with Crippen molar-refractivity contribution >= 4 is 32.8 Å². The summed E-state index contributed by atoms with van der Waals surface area (Å²) in [6, 6.07) is 5.55. The van der Waals surface area contributed by atoms with E-state index in [-0.39, 0.29) is 11.1 Å². The van der Waals surface area contributed by atoms with Crippen LogP contribution in [0.4, 0.5) is 5.95 Å². The van der Waals surface area contributed by atoms with Crippen LogP contribution in [0.15, 0.2) is 27.5 Å². The molecule has 3 rings (SSSR count). The van der Waals surface area contributed by atoms with E-state index >= 15 is 0 Å². The van der Waals surface area contributed by atoms with Gasteiger partial charge in [0.25, 0.3) is 5.56 Å². The highest BCUT2D eigenvalue weighted by molar-refractivity contribution is 9.10. The van der Waals surface area contributed by atoms with Crippen LogP contribution < -0.4 is 10.9 Å². The number of benzene rings is 1. The summed E-state index contributed by atoms with van der Waals surface area (Å²) in [5, 5.41) is 3.93. The van der Waals surface area contributed by atoms with Gasteiger partial charge in [-0.3, -0.25) is 9.36 Å². The molecule has 0 radical (unpaired) electrons. The lowest BCUT2D eigenvalue weighted by atomic mass is 10.1. The number of fused-ring (bicyclic) bond motifs is 2. The fourth-order valence-corrected chi connectivity index (χ4v) is 2.52. The van der Waals surface area contributed by atoms with Crippen molar-refractivity contribution in [2.24, 2.45) is 0 Å². The minimum Gasteiger partial charge on any atom is -0.349 e. The van der Waals surface area contributed by atoms with Crippen LogP contribution in [0, 0.1) is 0 Å². The van der Waals surface area contributed by atoms with Gasteiger partial charge in [-0.25, -0.2) is 4.98 Å². The normalized spacial score (nSPS) is 16.9. The molecule has 0 bridgehead atoms. The lowest BCUT2D eigenvalue weighted by Gasteiger charge is -2.15. The van der Waals surface area contributed by atoms with Crippen molar-refractivity contribution in [1.82, 2.24) is 9.55 Å². The van der Waals surface area contributed by atoms with E-state index in [2.05, 4.69) is 40.1 Å². The maximum absolute atomic E-state index is 12.3. The zero-order valence-electron chi connectivity index (χ0n) is 9.62. The molecule has 0 unspecified atom stereocenters. The first kappa shape index (κ1) is 10.8. The van der Waals surface area contributed by atoms with Gasteiger partial charge in [-0.05, 0) is 32.0 Å². The number of anilines is 1. The van der Waals surface area contributed by atoms with Crippen molar-refractivity contribution in [3.05, 3.63) is 33.0 Å². The van der Waals surface area contributed by atoms with E-state index in [1.165, 1.54) is 0 Å². The monoisotopic (exact) mass is 293 g/mol. The molecular formula is C12H12BrN3O. The van der Waals surface area contributed by atoms with E-state index in [9.17, 15) is 4.79 Å². The molecule has 0 spiro atoms. The van der Waals surface area contributed by atoms with Crippen LogP contribution in [-0.4, -0.2) is 15.1 Å². The third-order valence-electron chi connectivity index (χ3n) is 2.92. The Kier molecular flexibility index (Phi) is 2.10. The molecule has 0 fully saturated rings. The first-order valence-corrected chi connectivity index (χ1v) is 6.24. The van der Waals surface area contributed by atoms with Crippen LogP contribution >= 0.6 is 15.9 Å². The zero-order chi connectivity index (χ0) is 12.2. The highest BCUT2D eigenvalue weighted by Gasteiger charge is 2.29. The summed E-state index contributed by atoms with van der Waals surface area (Å²) in [6.07, 6.45) is 0. The van der Waals surface area contributed by atoms with Gasteiger partial charge in [0.05, 0.1) is 23.0 Å². The molecular weight excluding hydrogens is 282 g/mol. The van der Waals surface area contributed by atoms with Crippen LogP contribution in [0.5, 0.6) is 0 Å². The number of hydrogen-bond acceptors (Lipinski definition) is 3. The number of aromatic nitrogens is 2. The Hall–Kier alpha value is -1.36. The molecule has 5 heteroatoms. The van der Waals surface area contributed by atoms with Gasteiger partial charge in [-0.2, -0.15) is 0 Å². The molecule has 0 aliphatic carbocycles. The minimum atomic E-state index is -0.117. The summed E-state index contributed by atoms with van der Waals surface area (Å²) in [5.74, 6) is 0.658. The highest BCUT2D eigenvalue weighted by atomic mass is 79.9. The predicted octanol–water partition coefficient (Wildman–Crippen LogP) is 2.36. The number of rotatable bonds is 0. The fourth-order valence-electron chi connectivity index (χ4n) is 2.17. The topological polar surface area (TPSA) is 46.9 Å². The first-order chi connectivity index (χ1) is 7.96. The second-order valence-corrected chi connectivity index (χ2v) is 5.91. The number of halogens is 1. The number of nitrogens with zero attached hydrogens (tertiary/aromatic N) is 2. The Morgan fingerprint density at radius 3 is 3.00 bits per heavy atom. The van der Waals surface area contributed by atoms with E-state index in [0.717, 1.165) is 9.99 Å². The SMILES string of the molecule is CC1(C)Cn2c(nc3cc(Br)ccc3c2=O)N1. The second kappa shape index (κ2) is 3.32. The Bertz CT molecular complexity index is 675.